The first-order valence-electron chi connectivity index (χ1n) is 6.29. The van der Waals surface area contributed by atoms with Crippen LogP contribution in [0.1, 0.15) is 28.4 Å². The normalized spacial score (nSPS) is 10.8. The van der Waals surface area contributed by atoms with Gasteiger partial charge in [0.15, 0.2) is 14.5 Å². The highest BCUT2D eigenvalue weighted by Gasteiger charge is 2.10. The first-order chi connectivity index (χ1) is 9.60. The molecule has 0 saturated heterocycles. The van der Waals surface area contributed by atoms with Crippen LogP contribution in [0.3, 0.4) is 0 Å². The summed E-state index contributed by atoms with van der Waals surface area (Å²) in [6.45, 7) is 6.16. The molecule has 0 bridgehead atoms. The molecule has 6 heteroatoms. The first kappa shape index (κ1) is 15.5. The van der Waals surface area contributed by atoms with Crippen LogP contribution in [-0.2, 0) is 0 Å². The van der Waals surface area contributed by atoms with Crippen LogP contribution < -0.4 is 0 Å². The van der Waals surface area contributed by atoms with Crippen molar-refractivity contribution in [1.29, 1.82) is 0 Å². The summed E-state index contributed by atoms with van der Waals surface area (Å²) in [5.41, 5.74) is 3.13. The van der Waals surface area contributed by atoms with Crippen LogP contribution in [-0.4, -0.2) is 27.5 Å². The van der Waals surface area contributed by atoms with E-state index in [4.69, 9.17) is 0 Å². The predicted molar refractivity (Wildman–Crippen MR) is 87.3 cm³/mol. The monoisotopic (exact) mass is 324 g/mol. The maximum absolute atomic E-state index is 12.1. The van der Waals surface area contributed by atoms with Crippen molar-refractivity contribution >= 4 is 40.6 Å². The zero-order chi connectivity index (χ0) is 14.5. The zero-order valence-corrected chi connectivity index (χ0v) is 14.1. The predicted octanol–water partition coefficient (Wildman–Crippen LogP) is 4.24. The number of ketones is 1. The number of carbonyl (C=O) groups excluding carboxylic acids is 1. The number of hydrogen-bond acceptors (Lipinski definition) is 6. The number of nitrogens with zero attached hydrogens (tertiary/aromatic N) is 2. The van der Waals surface area contributed by atoms with Crippen molar-refractivity contribution in [3.05, 3.63) is 34.9 Å². The lowest BCUT2D eigenvalue weighted by Crippen LogP contribution is -2.03. The second-order valence-electron chi connectivity index (χ2n) is 4.28. The van der Waals surface area contributed by atoms with Gasteiger partial charge in [-0.05, 0) is 36.8 Å². The van der Waals surface area contributed by atoms with Crippen LogP contribution in [0.25, 0.3) is 0 Å². The molecule has 0 saturated carbocycles. The SMILES string of the molecule is CCSc1nnc(SCC(=O)c2ccc(C)c(C)c2)s1. The van der Waals surface area contributed by atoms with Crippen LogP contribution in [0, 0.1) is 13.8 Å². The lowest BCUT2D eigenvalue weighted by Gasteiger charge is -2.03. The van der Waals surface area contributed by atoms with Gasteiger partial charge < -0.3 is 0 Å². The fraction of sp³-hybridized carbons (Fsp3) is 0.357. The quantitative estimate of drug-likeness (QED) is 0.587. The van der Waals surface area contributed by atoms with Gasteiger partial charge in [-0.25, -0.2) is 0 Å². The third kappa shape index (κ3) is 4.07. The molecule has 0 fully saturated rings. The van der Waals surface area contributed by atoms with E-state index in [0.717, 1.165) is 25.6 Å². The van der Waals surface area contributed by atoms with Gasteiger partial charge in [0.2, 0.25) is 0 Å². The maximum Gasteiger partial charge on any atom is 0.175 e. The molecular weight excluding hydrogens is 308 g/mol. The molecule has 0 aliphatic carbocycles. The van der Waals surface area contributed by atoms with Crippen LogP contribution in [0.5, 0.6) is 0 Å². The fourth-order valence-corrected chi connectivity index (χ4v) is 4.37. The number of Topliss-reactive ketones (excluding diaryl/α,β-unsaturated/α-hetero) is 1. The summed E-state index contributed by atoms with van der Waals surface area (Å²) < 4.78 is 1.83. The summed E-state index contributed by atoms with van der Waals surface area (Å²) in [6, 6.07) is 5.84. The van der Waals surface area contributed by atoms with E-state index in [1.807, 2.05) is 32.0 Å². The van der Waals surface area contributed by atoms with Crippen molar-refractivity contribution in [2.24, 2.45) is 0 Å². The van der Waals surface area contributed by atoms with Crippen molar-refractivity contribution < 1.29 is 4.79 Å². The highest BCUT2D eigenvalue weighted by Crippen LogP contribution is 2.29. The molecule has 1 aromatic carbocycles. The van der Waals surface area contributed by atoms with Crippen molar-refractivity contribution in [2.45, 2.75) is 29.5 Å². The lowest BCUT2D eigenvalue weighted by molar-refractivity contribution is 0.102. The summed E-state index contributed by atoms with van der Waals surface area (Å²) in [4.78, 5) is 12.1. The molecule has 20 heavy (non-hydrogen) atoms. The Morgan fingerprint density at radius 1 is 1.15 bits per heavy atom. The van der Waals surface area contributed by atoms with Crippen LogP contribution in [0.2, 0.25) is 0 Å². The molecule has 0 aliphatic heterocycles. The van der Waals surface area contributed by atoms with Gasteiger partial charge in [-0.15, -0.1) is 10.2 Å². The fourth-order valence-electron chi connectivity index (χ4n) is 1.56. The van der Waals surface area contributed by atoms with Crippen molar-refractivity contribution in [2.75, 3.05) is 11.5 Å². The number of hydrogen-bond donors (Lipinski definition) is 0. The highest BCUT2D eigenvalue weighted by atomic mass is 32.2. The Bertz CT molecular complexity index is 610. The number of benzene rings is 1. The van der Waals surface area contributed by atoms with E-state index >= 15 is 0 Å². The number of aromatic nitrogens is 2. The summed E-state index contributed by atoms with van der Waals surface area (Å²) in [6.07, 6.45) is 0. The first-order valence-corrected chi connectivity index (χ1v) is 9.08. The topological polar surface area (TPSA) is 42.9 Å². The Morgan fingerprint density at radius 3 is 2.50 bits per heavy atom. The van der Waals surface area contributed by atoms with E-state index < -0.39 is 0 Å². The van der Waals surface area contributed by atoms with Gasteiger partial charge in [-0.1, -0.05) is 53.9 Å². The smallest absolute Gasteiger partial charge is 0.175 e. The zero-order valence-electron chi connectivity index (χ0n) is 11.7. The van der Waals surface area contributed by atoms with Gasteiger partial charge >= 0.3 is 0 Å². The average molecular weight is 324 g/mol. The standard InChI is InChI=1S/C14H16N2OS3/c1-4-18-13-15-16-14(20-13)19-8-12(17)11-6-5-9(2)10(3)7-11/h5-7H,4,8H2,1-3H3. The minimum Gasteiger partial charge on any atom is -0.293 e. The van der Waals surface area contributed by atoms with Crippen LogP contribution in [0.4, 0.5) is 0 Å². The summed E-state index contributed by atoms with van der Waals surface area (Å²) >= 11 is 4.69. The molecule has 0 N–H and O–H groups in total. The van der Waals surface area contributed by atoms with Crippen LogP contribution >= 0.6 is 34.9 Å². The highest BCUT2D eigenvalue weighted by molar-refractivity contribution is 8.03. The molecule has 0 spiro atoms. The molecule has 0 amide bonds. The molecule has 2 rings (SSSR count). The Hall–Kier alpha value is -0.850. The minimum absolute atomic E-state index is 0.137. The maximum atomic E-state index is 12.1. The van der Waals surface area contributed by atoms with E-state index in [9.17, 15) is 4.79 Å². The van der Waals surface area contributed by atoms with Crippen molar-refractivity contribution in [1.82, 2.24) is 10.2 Å². The Kier molecular flexibility index (Phi) is 5.63. The van der Waals surface area contributed by atoms with Crippen molar-refractivity contribution in [3.8, 4) is 0 Å². The average Bonchev–Trinajstić information content (AvgIpc) is 2.87. The number of aryl methyl sites for hydroxylation is 2. The summed E-state index contributed by atoms with van der Waals surface area (Å²) in [5.74, 6) is 1.53. The van der Waals surface area contributed by atoms with E-state index in [1.165, 1.54) is 17.3 Å². The van der Waals surface area contributed by atoms with E-state index in [0.29, 0.717) is 5.75 Å². The summed E-state index contributed by atoms with van der Waals surface area (Å²) in [5, 5.41) is 8.17. The third-order valence-electron chi connectivity index (χ3n) is 2.81. The Balaban J connectivity index is 1.95. The van der Waals surface area contributed by atoms with Gasteiger partial charge in [-0.3, -0.25) is 4.79 Å². The Morgan fingerprint density at radius 2 is 1.85 bits per heavy atom. The van der Waals surface area contributed by atoms with E-state index in [-0.39, 0.29) is 5.78 Å². The second-order valence-corrected chi connectivity index (χ2v) is 7.99. The molecule has 0 aliphatic rings. The third-order valence-corrected chi connectivity index (χ3v) is 5.88. The summed E-state index contributed by atoms with van der Waals surface area (Å²) in [7, 11) is 0. The van der Waals surface area contributed by atoms with Crippen LogP contribution in [0.15, 0.2) is 26.9 Å². The molecule has 1 aromatic heterocycles. The van der Waals surface area contributed by atoms with Crippen molar-refractivity contribution in [3.63, 3.8) is 0 Å². The number of thioether (sulfide) groups is 2. The molecule has 3 nitrogen and oxygen atoms in total. The molecular formula is C14H16N2OS3. The number of rotatable bonds is 6. The minimum atomic E-state index is 0.137. The molecule has 0 unspecified atom stereocenters. The molecule has 2 aromatic rings. The van der Waals surface area contributed by atoms with Gasteiger partial charge in [0.1, 0.15) is 0 Å². The van der Waals surface area contributed by atoms with Gasteiger partial charge in [-0.2, -0.15) is 0 Å². The van der Waals surface area contributed by atoms with Gasteiger partial charge in [0, 0.05) is 5.56 Å². The van der Waals surface area contributed by atoms with E-state index in [2.05, 4.69) is 17.1 Å². The second kappa shape index (κ2) is 7.24. The molecule has 0 radical (unpaired) electrons. The van der Waals surface area contributed by atoms with Gasteiger partial charge in [0.25, 0.3) is 0 Å². The molecule has 1 heterocycles. The molecule has 106 valence electrons. The number of carbonyl (C=O) groups is 1. The van der Waals surface area contributed by atoms with Gasteiger partial charge in [0.05, 0.1) is 5.75 Å². The Labute approximate surface area is 131 Å². The largest absolute Gasteiger partial charge is 0.293 e. The van der Waals surface area contributed by atoms with E-state index in [1.54, 1.807) is 23.1 Å². The molecule has 0 atom stereocenters. The lowest BCUT2D eigenvalue weighted by atomic mass is 10.0.